The summed E-state index contributed by atoms with van der Waals surface area (Å²) in [4.78, 5) is 12.6. The first-order chi connectivity index (χ1) is 15.7. The Hall–Kier alpha value is -0.920. The molecule has 0 aliphatic heterocycles. The molecule has 1 aromatic rings. The number of para-hydroxylation sites is 1. The number of hydrogen-bond donors (Lipinski definition) is 0. The number of carbonyl (C=O) groups excluding carboxylic acids is 1. The van der Waals surface area contributed by atoms with Crippen molar-refractivity contribution in [2.45, 2.75) is 136 Å². The van der Waals surface area contributed by atoms with Gasteiger partial charge < -0.3 is 9.26 Å². The van der Waals surface area contributed by atoms with E-state index in [4.69, 9.17) is 9.26 Å². The number of rotatable bonds is 21. The number of hydrogen-bond acceptors (Lipinski definition) is 3. The molecule has 0 saturated heterocycles. The molecule has 1 rings (SSSR count). The van der Waals surface area contributed by atoms with Gasteiger partial charge in [-0.1, -0.05) is 128 Å². The van der Waals surface area contributed by atoms with Gasteiger partial charge in [0.2, 0.25) is 0 Å². The van der Waals surface area contributed by atoms with Gasteiger partial charge in [0.05, 0.1) is 0 Å². The van der Waals surface area contributed by atoms with Crippen LogP contribution in [0.2, 0.25) is 0 Å². The molecule has 2 atom stereocenters. The third-order valence-electron chi connectivity index (χ3n) is 6.23. The van der Waals surface area contributed by atoms with Crippen molar-refractivity contribution in [2.75, 3.05) is 0 Å². The summed E-state index contributed by atoms with van der Waals surface area (Å²) in [6.07, 6.45) is 21.8. The van der Waals surface area contributed by atoms with Crippen molar-refractivity contribution in [1.29, 1.82) is 0 Å². The second kappa shape index (κ2) is 20.7. The maximum absolute atomic E-state index is 12.6. The highest BCUT2D eigenvalue weighted by Gasteiger charge is 2.20. The molecule has 2 unspecified atom stereocenters. The smallest absolute Gasteiger partial charge is 0.340 e. The van der Waals surface area contributed by atoms with E-state index in [1.165, 1.54) is 83.5 Å². The highest BCUT2D eigenvalue weighted by molar-refractivity contribution is 7.09. The number of aryl methyl sites for hydroxylation is 1. The Morgan fingerprint density at radius 1 is 0.750 bits per heavy atom. The summed E-state index contributed by atoms with van der Waals surface area (Å²) >= 11 is 0. The fraction of sp³-hybridized carbons (Fsp3) is 0.750. The van der Waals surface area contributed by atoms with E-state index in [9.17, 15) is 4.79 Å². The SMILES string of the molecule is CCCCCCCCCCCCCCc1ccccc1OC(=O)C(CCCCCC)OP. The zero-order valence-electron chi connectivity index (χ0n) is 20.9. The molecule has 0 amide bonds. The maximum atomic E-state index is 12.6. The van der Waals surface area contributed by atoms with Crippen molar-refractivity contribution in [3.63, 3.8) is 0 Å². The highest BCUT2D eigenvalue weighted by Crippen LogP contribution is 2.23. The quantitative estimate of drug-likeness (QED) is 0.0788. The van der Waals surface area contributed by atoms with Crippen molar-refractivity contribution in [3.8, 4) is 5.75 Å². The van der Waals surface area contributed by atoms with E-state index in [-0.39, 0.29) is 5.97 Å². The summed E-state index contributed by atoms with van der Waals surface area (Å²) in [5, 5.41) is 0. The van der Waals surface area contributed by atoms with Crippen LogP contribution in [0.4, 0.5) is 0 Å². The van der Waals surface area contributed by atoms with Gasteiger partial charge in [-0.3, -0.25) is 0 Å². The van der Waals surface area contributed by atoms with Crippen LogP contribution in [-0.4, -0.2) is 12.1 Å². The summed E-state index contributed by atoms with van der Waals surface area (Å²) in [5.74, 6) is 0.417. The second-order valence-corrected chi connectivity index (χ2v) is 9.41. The minimum absolute atomic E-state index is 0.279. The van der Waals surface area contributed by atoms with E-state index in [0.29, 0.717) is 12.2 Å². The van der Waals surface area contributed by atoms with Crippen LogP contribution >= 0.6 is 9.47 Å². The number of esters is 1. The van der Waals surface area contributed by atoms with Crippen molar-refractivity contribution >= 4 is 15.4 Å². The van der Waals surface area contributed by atoms with Crippen LogP contribution in [0, 0.1) is 0 Å². The summed E-state index contributed by atoms with van der Waals surface area (Å²) < 4.78 is 11.1. The van der Waals surface area contributed by atoms with E-state index < -0.39 is 6.10 Å². The van der Waals surface area contributed by atoms with Crippen molar-refractivity contribution in [3.05, 3.63) is 29.8 Å². The lowest BCUT2D eigenvalue weighted by Gasteiger charge is -2.16. The third-order valence-corrected chi connectivity index (χ3v) is 6.56. The van der Waals surface area contributed by atoms with Crippen LogP contribution in [-0.2, 0) is 15.7 Å². The molecule has 0 aliphatic rings. The van der Waals surface area contributed by atoms with Gasteiger partial charge in [0.15, 0.2) is 6.10 Å². The van der Waals surface area contributed by atoms with Crippen LogP contribution in [0.3, 0.4) is 0 Å². The van der Waals surface area contributed by atoms with Crippen molar-refractivity contribution in [1.82, 2.24) is 0 Å². The van der Waals surface area contributed by atoms with Gasteiger partial charge in [-0.25, -0.2) is 4.79 Å². The summed E-state index contributed by atoms with van der Waals surface area (Å²) in [6, 6.07) is 7.96. The predicted molar refractivity (Wildman–Crippen MR) is 140 cm³/mol. The molecule has 1 aromatic carbocycles. The van der Waals surface area contributed by atoms with Gasteiger partial charge in [0.25, 0.3) is 0 Å². The van der Waals surface area contributed by atoms with E-state index >= 15 is 0 Å². The molecule has 32 heavy (non-hydrogen) atoms. The Kier molecular flexibility index (Phi) is 18.8. The highest BCUT2D eigenvalue weighted by atomic mass is 31.0. The minimum Gasteiger partial charge on any atom is -0.424 e. The Morgan fingerprint density at radius 2 is 1.25 bits per heavy atom. The molecule has 0 aliphatic carbocycles. The van der Waals surface area contributed by atoms with Gasteiger partial charge in [-0.05, 0) is 30.9 Å². The largest absolute Gasteiger partial charge is 0.424 e. The van der Waals surface area contributed by atoms with Gasteiger partial charge in [-0.15, -0.1) is 0 Å². The molecule has 3 nitrogen and oxygen atoms in total. The summed E-state index contributed by atoms with van der Waals surface area (Å²) in [5.41, 5.74) is 1.13. The van der Waals surface area contributed by atoms with Crippen LogP contribution in [0.15, 0.2) is 24.3 Å². The van der Waals surface area contributed by atoms with E-state index in [0.717, 1.165) is 31.2 Å². The van der Waals surface area contributed by atoms with Gasteiger partial charge in [0, 0.05) is 9.47 Å². The van der Waals surface area contributed by atoms with Crippen LogP contribution < -0.4 is 4.74 Å². The molecule has 0 fully saturated rings. The zero-order chi connectivity index (χ0) is 23.3. The van der Waals surface area contributed by atoms with Crippen LogP contribution in [0.1, 0.15) is 129 Å². The Morgan fingerprint density at radius 3 is 1.81 bits per heavy atom. The average molecular weight is 465 g/mol. The van der Waals surface area contributed by atoms with Gasteiger partial charge in [-0.2, -0.15) is 0 Å². The fourth-order valence-electron chi connectivity index (χ4n) is 4.14. The molecular weight excluding hydrogens is 415 g/mol. The first-order valence-corrected chi connectivity index (χ1v) is 13.8. The minimum atomic E-state index is -0.503. The first-order valence-electron chi connectivity index (χ1n) is 13.4. The van der Waals surface area contributed by atoms with Gasteiger partial charge >= 0.3 is 5.97 Å². The summed E-state index contributed by atoms with van der Waals surface area (Å²) in [7, 11) is 2.23. The fourth-order valence-corrected chi connectivity index (χ4v) is 4.39. The molecule has 184 valence electrons. The molecule has 0 saturated carbocycles. The summed E-state index contributed by atoms with van der Waals surface area (Å²) in [6.45, 7) is 4.46. The number of unbranched alkanes of at least 4 members (excludes halogenated alkanes) is 14. The molecule has 0 bridgehead atoms. The monoisotopic (exact) mass is 464 g/mol. The molecule has 0 radical (unpaired) electrons. The third kappa shape index (κ3) is 14.3. The molecule has 4 heteroatoms. The number of ether oxygens (including phenoxy) is 1. The second-order valence-electron chi connectivity index (χ2n) is 9.14. The topological polar surface area (TPSA) is 35.5 Å². The molecule has 0 heterocycles. The molecule has 0 N–H and O–H groups in total. The average Bonchev–Trinajstić information content (AvgIpc) is 2.80. The van der Waals surface area contributed by atoms with Gasteiger partial charge in [0.1, 0.15) is 5.75 Å². The number of carbonyl (C=O) groups is 1. The predicted octanol–water partition coefficient (Wildman–Crippen LogP) is 8.98. The van der Waals surface area contributed by atoms with Crippen LogP contribution in [0.5, 0.6) is 5.75 Å². The first kappa shape index (κ1) is 29.1. The molecule has 0 aromatic heterocycles. The van der Waals surface area contributed by atoms with Crippen molar-refractivity contribution in [2.24, 2.45) is 0 Å². The lowest BCUT2D eigenvalue weighted by molar-refractivity contribution is -0.142. The Labute approximate surface area is 200 Å². The lowest BCUT2D eigenvalue weighted by atomic mass is 10.0. The zero-order valence-corrected chi connectivity index (χ0v) is 22.1. The maximum Gasteiger partial charge on any atom is 0.340 e. The normalized spacial score (nSPS) is 12.1. The van der Waals surface area contributed by atoms with E-state index in [2.05, 4.69) is 29.4 Å². The van der Waals surface area contributed by atoms with Crippen LogP contribution in [0.25, 0.3) is 0 Å². The Bertz CT molecular complexity index is 576. The standard InChI is InChI=1S/C28H49O3P/c1-3-5-7-9-10-11-12-13-14-15-16-17-21-25-22-19-20-23-26(25)30-28(29)27(31-32)24-18-8-6-4-2/h19-20,22-23,27H,3-18,21,24,32H2,1-2H3. The molecular formula is C28H49O3P. The van der Waals surface area contributed by atoms with Crippen molar-refractivity contribution < 1.29 is 14.1 Å². The van der Waals surface area contributed by atoms with E-state index in [1.807, 2.05) is 18.2 Å². The molecule has 0 spiro atoms. The van der Waals surface area contributed by atoms with E-state index in [1.54, 1.807) is 0 Å². The lowest BCUT2D eigenvalue weighted by Crippen LogP contribution is -2.26. The Balaban J connectivity index is 2.23. The number of benzene rings is 1.